The van der Waals surface area contributed by atoms with E-state index in [4.69, 9.17) is 5.26 Å². The third kappa shape index (κ3) is 2.86. The monoisotopic (exact) mass is 274 g/mol. The minimum Gasteiger partial charge on any atom is -0.376 e. The molecule has 2 rings (SSSR count). The molecule has 7 heteroatoms. The zero-order valence-electron chi connectivity index (χ0n) is 10.0. The number of nitrogens with one attached hydrogen (secondary N) is 1. The first-order chi connectivity index (χ1) is 9.11. The van der Waals surface area contributed by atoms with Crippen LogP contribution in [0.25, 0.3) is 0 Å². The number of anilines is 1. The predicted octanol–water partition coefficient (Wildman–Crippen LogP) is 3.10. The lowest BCUT2D eigenvalue weighted by Gasteiger charge is -2.12. The maximum atomic E-state index is 10.7. The molecular formula is C12H10N4O2S. The number of nitro benzene ring substituents is 1. The molecular weight excluding hydrogens is 264 g/mol. The van der Waals surface area contributed by atoms with Crippen LogP contribution in [0.1, 0.15) is 23.5 Å². The Hall–Kier alpha value is -2.46. The van der Waals surface area contributed by atoms with Gasteiger partial charge in [0.05, 0.1) is 11.0 Å². The molecule has 19 heavy (non-hydrogen) atoms. The lowest BCUT2D eigenvalue weighted by Crippen LogP contribution is -2.06. The van der Waals surface area contributed by atoms with Gasteiger partial charge in [-0.15, -0.1) is 11.3 Å². The first kappa shape index (κ1) is 13.0. The van der Waals surface area contributed by atoms with Crippen molar-refractivity contribution in [2.24, 2.45) is 0 Å². The average Bonchev–Trinajstić information content (AvgIpc) is 2.92. The third-order valence-electron chi connectivity index (χ3n) is 2.52. The van der Waals surface area contributed by atoms with Crippen molar-refractivity contribution in [3.8, 4) is 6.07 Å². The van der Waals surface area contributed by atoms with Gasteiger partial charge in [0.25, 0.3) is 5.69 Å². The van der Waals surface area contributed by atoms with E-state index in [0.29, 0.717) is 5.69 Å². The molecule has 2 aromatic rings. The second-order valence-electron chi connectivity index (χ2n) is 3.84. The molecule has 1 aromatic heterocycles. The Morgan fingerprint density at radius 2 is 2.37 bits per heavy atom. The third-order valence-corrected chi connectivity index (χ3v) is 3.48. The molecule has 0 aliphatic heterocycles. The SMILES string of the molecule is CC(Nc1ccc([N+](=O)[O-])c(C#N)c1)c1nccs1. The summed E-state index contributed by atoms with van der Waals surface area (Å²) >= 11 is 1.52. The molecule has 0 amide bonds. The highest BCUT2D eigenvalue weighted by molar-refractivity contribution is 7.09. The fourth-order valence-electron chi connectivity index (χ4n) is 1.63. The van der Waals surface area contributed by atoms with Crippen LogP contribution in [0, 0.1) is 21.4 Å². The van der Waals surface area contributed by atoms with Crippen molar-refractivity contribution in [3.63, 3.8) is 0 Å². The number of thiazole rings is 1. The van der Waals surface area contributed by atoms with Gasteiger partial charge in [0.15, 0.2) is 0 Å². The molecule has 1 N–H and O–H groups in total. The molecule has 1 unspecified atom stereocenters. The highest BCUT2D eigenvalue weighted by Crippen LogP contribution is 2.25. The van der Waals surface area contributed by atoms with Gasteiger partial charge in [-0.05, 0) is 19.1 Å². The second kappa shape index (κ2) is 5.46. The fourth-order valence-corrected chi connectivity index (χ4v) is 2.28. The second-order valence-corrected chi connectivity index (χ2v) is 4.76. The van der Waals surface area contributed by atoms with Crippen LogP contribution >= 0.6 is 11.3 Å². The number of benzene rings is 1. The normalized spacial score (nSPS) is 11.6. The lowest BCUT2D eigenvalue weighted by molar-refractivity contribution is -0.385. The first-order valence-corrected chi connectivity index (χ1v) is 6.34. The quantitative estimate of drug-likeness (QED) is 0.683. The molecule has 0 aliphatic rings. The van der Waals surface area contributed by atoms with Gasteiger partial charge in [-0.25, -0.2) is 4.98 Å². The van der Waals surface area contributed by atoms with Crippen molar-refractivity contribution in [1.29, 1.82) is 5.26 Å². The van der Waals surface area contributed by atoms with Gasteiger partial charge in [-0.2, -0.15) is 5.26 Å². The van der Waals surface area contributed by atoms with Crippen LogP contribution in [0.2, 0.25) is 0 Å². The largest absolute Gasteiger partial charge is 0.376 e. The van der Waals surface area contributed by atoms with E-state index in [0.717, 1.165) is 5.01 Å². The molecule has 0 saturated heterocycles. The van der Waals surface area contributed by atoms with Crippen LogP contribution in [-0.4, -0.2) is 9.91 Å². The van der Waals surface area contributed by atoms with Crippen LogP contribution in [-0.2, 0) is 0 Å². The number of nitriles is 1. The molecule has 96 valence electrons. The smallest absolute Gasteiger partial charge is 0.287 e. The van der Waals surface area contributed by atoms with Gasteiger partial charge in [0, 0.05) is 23.3 Å². The van der Waals surface area contributed by atoms with Crippen LogP contribution in [0.4, 0.5) is 11.4 Å². The molecule has 1 atom stereocenters. The summed E-state index contributed by atoms with van der Waals surface area (Å²) in [6, 6.07) is 6.20. The maximum absolute atomic E-state index is 10.7. The minimum absolute atomic E-state index is 0.0204. The van der Waals surface area contributed by atoms with E-state index < -0.39 is 4.92 Å². The van der Waals surface area contributed by atoms with E-state index in [1.807, 2.05) is 18.4 Å². The summed E-state index contributed by atoms with van der Waals surface area (Å²) in [7, 11) is 0. The fraction of sp³-hybridized carbons (Fsp3) is 0.167. The zero-order valence-corrected chi connectivity index (χ0v) is 10.8. The Morgan fingerprint density at radius 1 is 1.58 bits per heavy atom. The summed E-state index contributed by atoms with van der Waals surface area (Å²) in [4.78, 5) is 14.3. The number of hydrogen-bond donors (Lipinski definition) is 1. The summed E-state index contributed by atoms with van der Waals surface area (Å²) in [6.07, 6.45) is 1.72. The number of aromatic nitrogens is 1. The van der Waals surface area contributed by atoms with E-state index in [1.165, 1.54) is 23.5 Å². The van der Waals surface area contributed by atoms with E-state index in [-0.39, 0.29) is 17.3 Å². The van der Waals surface area contributed by atoms with Crippen molar-refractivity contribution in [3.05, 3.63) is 50.5 Å². The number of hydrogen-bond acceptors (Lipinski definition) is 6. The lowest BCUT2D eigenvalue weighted by atomic mass is 10.1. The van der Waals surface area contributed by atoms with E-state index in [9.17, 15) is 10.1 Å². The van der Waals surface area contributed by atoms with E-state index in [2.05, 4.69) is 10.3 Å². The topological polar surface area (TPSA) is 91.9 Å². The van der Waals surface area contributed by atoms with Crippen molar-refractivity contribution >= 4 is 22.7 Å². The van der Waals surface area contributed by atoms with Crippen molar-refractivity contribution in [1.82, 2.24) is 4.98 Å². The van der Waals surface area contributed by atoms with Crippen molar-refractivity contribution in [2.75, 3.05) is 5.32 Å². The number of rotatable bonds is 4. The maximum Gasteiger partial charge on any atom is 0.287 e. The first-order valence-electron chi connectivity index (χ1n) is 5.46. The summed E-state index contributed by atoms with van der Waals surface area (Å²) in [5, 5.41) is 25.6. The van der Waals surface area contributed by atoms with E-state index in [1.54, 1.807) is 12.3 Å². The molecule has 1 aromatic carbocycles. The van der Waals surface area contributed by atoms with Gasteiger partial charge in [0.2, 0.25) is 0 Å². The number of nitro groups is 1. The van der Waals surface area contributed by atoms with Gasteiger partial charge < -0.3 is 5.32 Å². The zero-order chi connectivity index (χ0) is 13.8. The predicted molar refractivity (Wildman–Crippen MR) is 72.0 cm³/mol. The van der Waals surface area contributed by atoms with Crippen LogP contribution in [0.3, 0.4) is 0 Å². The van der Waals surface area contributed by atoms with Crippen LogP contribution < -0.4 is 5.32 Å². The summed E-state index contributed by atoms with van der Waals surface area (Å²) < 4.78 is 0. The molecule has 1 heterocycles. The average molecular weight is 274 g/mol. The molecule has 0 bridgehead atoms. The minimum atomic E-state index is -0.563. The van der Waals surface area contributed by atoms with Gasteiger partial charge >= 0.3 is 0 Å². The van der Waals surface area contributed by atoms with Gasteiger partial charge in [-0.3, -0.25) is 10.1 Å². The molecule has 6 nitrogen and oxygen atoms in total. The Kier molecular flexibility index (Phi) is 3.73. The summed E-state index contributed by atoms with van der Waals surface area (Å²) in [5.74, 6) is 0. The molecule has 0 fully saturated rings. The number of nitrogens with zero attached hydrogens (tertiary/aromatic N) is 3. The highest BCUT2D eigenvalue weighted by Gasteiger charge is 2.15. The summed E-state index contributed by atoms with van der Waals surface area (Å²) in [6.45, 7) is 1.94. The molecule has 0 saturated carbocycles. The molecule has 0 spiro atoms. The Balaban J connectivity index is 2.23. The van der Waals surface area contributed by atoms with Gasteiger partial charge in [-0.1, -0.05) is 0 Å². The molecule has 0 aliphatic carbocycles. The van der Waals surface area contributed by atoms with Crippen molar-refractivity contribution < 1.29 is 4.92 Å². The Morgan fingerprint density at radius 3 is 2.95 bits per heavy atom. The van der Waals surface area contributed by atoms with E-state index >= 15 is 0 Å². The standard InChI is InChI=1S/C12H10N4O2S/c1-8(12-14-4-5-19-12)15-10-2-3-11(16(17)18)9(6-10)7-13/h2-6,8,15H,1H3. The van der Waals surface area contributed by atoms with Crippen molar-refractivity contribution in [2.45, 2.75) is 13.0 Å². The van der Waals surface area contributed by atoms with Crippen LogP contribution in [0.5, 0.6) is 0 Å². The highest BCUT2D eigenvalue weighted by atomic mass is 32.1. The summed E-state index contributed by atoms with van der Waals surface area (Å²) in [5.41, 5.74) is 0.515. The van der Waals surface area contributed by atoms with Gasteiger partial charge in [0.1, 0.15) is 16.6 Å². The molecule has 0 radical (unpaired) electrons. The Bertz CT molecular complexity index is 634. The Labute approximate surface area is 113 Å². The van der Waals surface area contributed by atoms with Crippen LogP contribution in [0.15, 0.2) is 29.8 Å².